The van der Waals surface area contributed by atoms with Gasteiger partial charge >= 0.3 is 0 Å². The van der Waals surface area contributed by atoms with Gasteiger partial charge in [0, 0.05) is 10.9 Å². The summed E-state index contributed by atoms with van der Waals surface area (Å²) in [4.78, 5) is 0. The second-order valence-corrected chi connectivity index (χ2v) is 3.21. The molecule has 0 aliphatic heterocycles. The SMILES string of the molecule is COc1cccc2cccc(C(F)F)c12. The van der Waals surface area contributed by atoms with Gasteiger partial charge in [-0.2, -0.15) is 0 Å². The fraction of sp³-hybridized carbons (Fsp3) is 0.167. The van der Waals surface area contributed by atoms with Crippen LogP contribution in [0.1, 0.15) is 12.0 Å². The molecular formula is C12H10F2O. The van der Waals surface area contributed by atoms with E-state index in [1.165, 1.54) is 13.2 Å². The minimum Gasteiger partial charge on any atom is -0.496 e. The van der Waals surface area contributed by atoms with Gasteiger partial charge in [-0.1, -0.05) is 30.3 Å². The minimum atomic E-state index is -2.48. The lowest BCUT2D eigenvalue weighted by atomic mass is 10.0. The normalized spacial score (nSPS) is 10.9. The zero-order valence-electron chi connectivity index (χ0n) is 8.21. The highest BCUT2D eigenvalue weighted by Crippen LogP contribution is 2.33. The predicted molar refractivity (Wildman–Crippen MR) is 55.5 cm³/mol. The molecule has 0 unspecified atom stereocenters. The Morgan fingerprint density at radius 2 is 1.73 bits per heavy atom. The van der Waals surface area contributed by atoms with Crippen LogP contribution in [0.2, 0.25) is 0 Å². The molecular weight excluding hydrogens is 198 g/mol. The molecule has 78 valence electrons. The van der Waals surface area contributed by atoms with E-state index in [1.54, 1.807) is 30.3 Å². The van der Waals surface area contributed by atoms with Gasteiger partial charge in [0.15, 0.2) is 0 Å². The maximum absolute atomic E-state index is 12.8. The summed E-state index contributed by atoms with van der Waals surface area (Å²) in [6.07, 6.45) is -2.48. The Morgan fingerprint density at radius 1 is 1.07 bits per heavy atom. The zero-order chi connectivity index (χ0) is 10.8. The first-order valence-electron chi connectivity index (χ1n) is 4.58. The summed E-state index contributed by atoms with van der Waals surface area (Å²) in [6, 6.07) is 10.1. The minimum absolute atomic E-state index is 0.0185. The average molecular weight is 208 g/mol. The van der Waals surface area contributed by atoms with Crippen molar-refractivity contribution in [2.75, 3.05) is 7.11 Å². The van der Waals surface area contributed by atoms with E-state index in [1.807, 2.05) is 0 Å². The Balaban J connectivity index is 2.81. The summed E-state index contributed by atoms with van der Waals surface area (Å²) in [5.74, 6) is 0.489. The third-order valence-electron chi connectivity index (χ3n) is 2.35. The van der Waals surface area contributed by atoms with Crippen molar-refractivity contribution in [2.24, 2.45) is 0 Å². The van der Waals surface area contributed by atoms with Crippen molar-refractivity contribution >= 4 is 10.8 Å². The molecule has 0 saturated heterocycles. The Hall–Kier alpha value is -1.64. The van der Waals surface area contributed by atoms with Gasteiger partial charge in [-0.3, -0.25) is 0 Å². The molecule has 15 heavy (non-hydrogen) atoms. The number of methoxy groups -OCH3 is 1. The Bertz CT molecular complexity index is 475. The summed E-state index contributed by atoms with van der Waals surface area (Å²) in [7, 11) is 1.48. The molecule has 0 aliphatic rings. The van der Waals surface area contributed by atoms with Crippen LogP contribution in [0, 0.1) is 0 Å². The summed E-state index contributed by atoms with van der Waals surface area (Å²) < 4.78 is 30.6. The van der Waals surface area contributed by atoms with E-state index >= 15 is 0 Å². The molecule has 2 aromatic carbocycles. The lowest BCUT2D eigenvalue weighted by molar-refractivity contribution is 0.153. The standard InChI is InChI=1S/C12H10F2O/c1-15-10-7-3-5-8-4-2-6-9(11(8)10)12(13)14/h2-7,12H,1H3. The Morgan fingerprint density at radius 3 is 2.33 bits per heavy atom. The van der Waals surface area contributed by atoms with Crippen LogP contribution in [0.4, 0.5) is 8.78 Å². The second-order valence-electron chi connectivity index (χ2n) is 3.21. The quantitative estimate of drug-likeness (QED) is 0.729. The van der Waals surface area contributed by atoms with Crippen molar-refractivity contribution in [2.45, 2.75) is 6.43 Å². The predicted octanol–water partition coefficient (Wildman–Crippen LogP) is 3.79. The highest BCUT2D eigenvalue weighted by atomic mass is 19.3. The molecule has 0 heterocycles. The Labute approximate surface area is 86.3 Å². The lowest BCUT2D eigenvalue weighted by Crippen LogP contribution is -1.91. The van der Waals surface area contributed by atoms with Crippen molar-refractivity contribution in [1.82, 2.24) is 0 Å². The largest absolute Gasteiger partial charge is 0.496 e. The molecule has 0 N–H and O–H groups in total. The van der Waals surface area contributed by atoms with Crippen molar-refractivity contribution in [3.8, 4) is 5.75 Å². The fourth-order valence-electron chi connectivity index (χ4n) is 1.69. The number of rotatable bonds is 2. The van der Waals surface area contributed by atoms with Crippen molar-refractivity contribution in [1.29, 1.82) is 0 Å². The molecule has 0 amide bonds. The van der Waals surface area contributed by atoms with E-state index < -0.39 is 6.43 Å². The van der Waals surface area contributed by atoms with E-state index in [9.17, 15) is 8.78 Å². The smallest absolute Gasteiger partial charge is 0.264 e. The van der Waals surface area contributed by atoms with Gasteiger partial charge in [-0.05, 0) is 11.5 Å². The first-order chi connectivity index (χ1) is 7.24. The molecule has 2 rings (SSSR count). The van der Waals surface area contributed by atoms with E-state index in [0.717, 1.165) is 5.39 Å². The number of ether oxygens (including phenoxy) is 1. The van der Waals surface area contributed by atoms with Gasteiger partial charge in [0.25, 0.3) is 6.43 Å². The van der Waals surface area contributed by atoms with Crippen LogP contribution in [-0.2, 0) is 0 Å². The van der Waals surface area contributed by atoms with Crippen LogP contribution < -0.4 is 4.74 Å². The van der Waals surface area contributed by atoms with Gasteiger partial charge in [0.2, 0.25) is 0 Å². The lowest BCUT2D eigenvalue weighted by Gasteiger charge is -2.09. The van der Waals surface area contributed by atoms with Crippen LogP contribution in [0.3, 0.4) is 0 Å². The zero-order valence-corrected chi connectivity index (χ0v) is 8.21. The third-order valence-corrected chi connectivity index (χ3v) is 2.35. The number of alkyl halides is 2. The molecule has 3 heteroatoms. The summed E-state index contributed by atoms with van der Waals surface area (Å²) in [5.41, 5.74) is 0.0185. The van der Waals surface area contributed by atoms with Gasteiger partial charge in [0.1, 0.15) is 5.75 Å². The molecule has 0 atom stereocenters. The molecule has 0 aromatic heterocycles. The molecule has 0 aliphatic carbocycles. The van der Waals surface area contributed by atoms with E-state index in [4.69, 9.17) is 4.74 Å². The number of fused-ring (bicyclic) bond motifs is 1. The summed E-state index contributed by atoms with van der Waals surface area (Å²) in [6.45, 7) is 0. The highest BCUT2D eigenvalue weighted by Gasteiger charge is 2.13. The summed E-state index contributed by atoms with van der Waals surface area (Å²) in [5, 5.41) is 1.27. The molecule has 0 radical (unpaired) electrons. The number of benzene rings is 2. The van der Waals surface area contributed by atoms with Crippen LogP contribution >= 0.6 is 0 Å². The first kappa shape index (κ1) is 9.90. The molecule has 1 nitrogen and oxygen atoms in total. The first-order valence-corrected chi connectivity index (χ1v) is 4.58. The molecule has 0 saturated carbocycles. The van der Waals surface area contributed by atoms with Gasteiger partial charge in [0.05, 0.1) is 7.11 Å². The van der Waals surface area contributed by atoms with Crippen LogP contribution in [0.15, 0.2) is 36.4 Å². The third kappa shape index (κ3) is 1.65. The highest BCUT2D eigenvalue weighted by molar-refractivity contribution is 5.91. The van der Waals surface area contributed by atoms with Gasteiger partial charge in [-0.15, -0.1) is 0 Å². The second kappa shape index (κ2) is 3.85. The van der Waals surface area contributed by atoms with Crippen LogP contribution in [-0.4, -0.2) is 7.11 Å². The molecule has 0 bridgehead atoms. The van der Waals surface area contributed by atoms with E-state index in [-0.39, 0.29) is 5.56 Å². The Kier molecular flexibility index (Phi) is 2.54. The molecule has 0 spiro atoms. The topological polar surface area (TPSA) is 9.23 Å². The average Bonchev–Trinajstić information content (AvgIpc) is 2.27. The van der Waals surface area contributed by atoms with Gasteiger partial charge < -0.3 is 4.74 Å². The van der Waals surface area contributed by atoms with Gasteiger partial charge in [-0.25, -0.2) is 8.78 Å². The number of halogens is 2. The van der Waals surface area contributed by atoms with Crippen molar-refractivity contribution < 1.29 is 13.5 Å². The number of hydrogen-bond donors (Lipinski definition) is 0. The van der Waals surface area contributed by atoms with E-state index in [2.05, 4.69) is 0 Å². The maximum atomic E-state index is 12.8. The number of hydrogen-bond acceptors (Lipinski definition) is 1. The summed E-state index contributed by atoms with van der Waals surface area (Å²) >= 11 is 0. The molecule has 2 aromatic rings. The van der Waals surface area contributed by atoms with Crippen LogP contribution in [0.5, 0.6) is 5.75 Å². The van der Waals surface area contributed by atoms with E-state index in [0.29, 0.717) is 11.1 Å². The van der Waals surface area contributed by atoms with Crippen molar-refractivity contribution in [3.05, 3.63) is 42.0 Å². The molecule has 0 fully saturated rings. The monoisotopic (exact) mass is 208 g/mol. The van der Waals surface area contributed by atoms with Crippen LogP contribution in [0.25, 0.3) is 10.8 Å². The van der Waals surface area contributed by atoms with Crippen molar-refractivity contribution in [3.63, 3.8) is 0 Å². The fourth-order valence-corrected chi connectivity index (χ4v) is 1.69. The maximum Gasteiger partial charge on any atom is 0.264 e.